The van der Waals surface area contributed by atoms with Crippen LogP contribution >= 0.6 is 15.9 Å². The first-order chi connectivity index (χ1) is 14.1. The lowest BCUT2D eigenvalue weighted by Gasteiger charge is -2.06. The van der Waals surface area contributed by atoms with Crippen LogP contribution < -0.4 is 15.4 Å². The van der Waals surface area contributed by atoms with Crippen LogP contribution in [0.5, 0.6) is 5.75 Å². The van der Waals surface area contributed by atoms with Crippen LogP contribution in [0, 0.1) is 0 Å². The largest absolute Gasteiger partial charge is 0.486 e. The number of nitrogens with one attached hydrogen (secondary N) is 2. The molecule has 0 aliphatic heterocycles. The van der Waals surface area contributed by atoms with Crippen molar-refractivity contribution in [2.45, 2.75) is 19.6 Å². The summed E-state index contributed by atoms with van der Waals surface area (Å²) in [6, 6.07) is 20.4. The Bertz CT molecular complexity index is 939. The highest BCUT2D eigenvalue weighted by atomic mass is 79.9. The summed E-state index contributed by atoms with van der Waals surface area (Å²) in [6.45, 7) is 0.912. The third kappa shape index (κ3) is 6.80. The highest BCUT2D eigenvalue weighted by molar-refractivity contribution is 9.10. The van der Waals surface area contributed by atoms with Crippen molar-refractivity contribution in [1.29, 1.82) is 0 Å². The van der Waals surface area contributed by atoms with Crippen LogP contribution in [0.15, 0.2) is 75.6 Å². The summed E-state index contributed by atoms with van der Waals surface area (Å²) in [5.74, 6) is 0.938. The van der Waals surface area contributed by atoms with Crippen LogP contribution in [-0.4, -0.2) is 18.4 Å². The third-order valence-electron chi connectivity index (χ3n) is 4.05. The molecular weight excluding hydrogens is 436 g/mol. The summed E-state index contributed by atoms with van der Waals surface area (Å²) in [7, 11) is 0. The van der Waals surface area contributed by atoms with Crippen LogP contribution in [0.25, 0.3) is 0 Å². The molecule has 0 bridgehead atoms. The van der Waals surface area contributed by atoms with Gasteiger partial charge < -0.3 is 19.8 Å². The van der Waals surface area contributed by atoms with Crippen LogP contribution in [0.3, 0.4) is 0 Å². The van der Waals surface area contributed by atoms with E-state index >= 15 is 0 Å². The lowest BCUT2D eigenvalue weighted by molar-refractivity contribution is -0.121. The quantitative estimate of drug-likeness (QED) is 0.508. The van der Waals surface area contributed by atoms with Gasteiger partial charge in [-0.05, 0) is 42.0 Å². The Balaban J connectivity index is 1.37. The van der Waals surface area contributed by atoms with Gasteiger partial charge in [-0.3, -0.25) is 9.59 Å². The predicted molar refractivity (Wildman–Crippen MR) is 112 cm³/mol. The SMILES string of the molecule is O=C(CCNC(=O)c1ccc(COc2ccc(Br)cc2)o1)NCc1ccccc1. The molecule has 7 heteroatoms. The van der Waals surface area contributed by atoms with Crippen molar-refractivity contribution in [1.82, 2.24) is 10.6 Å². The van der Waals surface area contributed by atoms with Crippen molar-refractivity contribution < 1.29 is 18.7 Å². The van der Waals surface area contributed by atoms with Gasteiger partial charge in [0.25, 0.3) is 5.91 Å². The number of carbonyl (C=O) groups excluding carboxylic acids is 2. The molecule has 29 heavy (non-hydrogen) atoms. The number of halogens is 1. The molecule has 0 saturated heterocycles. The minimum Gasteiger partial charge on any atom is -0.486 e. The topological polar surface area (TPSA) is 80.6 Å². The van der Waals surface area contributed by atoms with E-state index in [0.717, 1.165) is 10.0 Å². The Hall–Kier alpha value is -3.06. The first-order valence-corrected chi connectivity index (χ1v) is 9.95. The van der Waals surface area contributed by atoms with E-state index in [1.54, 1.807) is 12.1 Å². The van der Waals surface area contributed by atoms with Gasteiger partial charge in [-0.15, -0.1) is 0 Å². The number of ether oxygens (including phenoxy) is 1. The minimum absolute atomic E-state index is 0.128. The third-order valence-corrected chi connectivity index (χ3v) is 4.58. The van der Waals surface area contributed by atoms with Crippen LogP contribution in [0.4, 0.5) is 0 Å². The molecule has 1 aromatic heterocycles. The zero-order valence-corrected chi connectivity index (χ0v) is 17.3. The first-order valence-electron chi connectivity index (χ1n) is 9.16. The zero-order chi connectivity index (χ0) is 20.5. The van der Waals surface area contributed by atoms with Crippen molar-refractivity contribution in [3.05, 3.63) is 88.3 Å². The summed E-state index contributed by atoms with van der Waals surface area (Å²) < 4.78 is 12.1. The Kier molecular flexibility index (Phi) is 7.47. The smallest absolute Gasteiger partial charge is 0.287 e. The Morgan fingerprint density at radius 1 is 0.931 bits per heavy atom. The maximum atomic E-state index is 12.1. The van der Waals surface area contributed by atoms with Crippen molar-refractivity contribution in [3.8, 4) is 5.75 Å². The average molecular weight is 457 g/mol. The molecule has 3 rings (SSSR count). The van der Waals surface area contributed by atoms with Gasteiger partial charge in [-0.2, -0.15) is 0 Å². The fraction of sp³-hybridized carbons (Fsp3) is 0.182. The normalized spacial score (nSPS) is 10.4. The molecule has 150 valence electrons. The Morgan fingerprint density at radius 2 is 1.69 bits per heavy atom. The van der Waals surface area contributed by atoms with Gasteiger partial charge in [-0.1, -0.05) is 46.3 Å². The average Bonchev–Trinajstić information content (AvgIpc) is 3.22. The van der Waals surface area contributed by atoms with Crippen LogP contribution in [0.1, 0.15) is 28.3 Å². The van der Waals surface area contributed by atoms with E-state index in [1.807, 2.05) is 54.6 Å². The number of rotatable bonds is 9. The molecule has 0 radical (unpaired) electrons. The van der Waals surface area contributed by atoms with E-state index in [-0.39, 0.29) is 37.1 Å². The van der Waals surface area contributed by atoms with E-state index in [1.165, 1.54) is 0 Å². The van der Waals surface area contributed by atoms with E-state index in [0.29, 0.717) is 18.1 Å². The highest BCUT2D eigenvalue weighted by Gasteiger charge is 2.12. The molecule has 0 fully saturated rings. The maximum Gasteiger partial charge on any atom is 0.287 e. The van der Waals surface area contributed by atoms with Crippen molar-refractivity contribution in [2.24, 2.45) is 0 Å². The summed E-state index contributed by atoms with van der Waals surface area (Å²) in [5.41, 5.74) is 1.03. The fourth-order valence-corrected chi connectivity index (χ4v) is 2.79. The standard InChI is InChI=1S/C22H21BrN2O4/c23-17-6-8-18(9-7-17)28-15-19-10-11-20(29-19)22(27)24-13-12-21(26)25-14-16-4-2-1-3-5-16/h1-11H,12-15H2,(H,24,27)(H,25,26). The molecule has 3 aromatic rings. The van der Waals surface area contributed by atoms with Gasteiger partial charge in [0.15, 0.2) is 5.76 Å². The van der Waals surface area contributed by atoms with Crippen LogP contribution in [0.2, 0.25) is 0 Å². The molecule has 0 unspecified atom stereocenters. The molecule has 2 amide bonds. The monoisotopic (exact) mass is 456 g/mol. The molecule has 0 aliphatic carbocycles. The van der Waals surface area contributed by atoms with Crippen LogP contribution in [-0.2, 0) is 17.9 Å². The van der Waals surface area contributed by atoms with Gasteiger partial charge in [0, 0.05) is 24.0 Å². The number of hydrogen-bond donors (Lipinski definition) is 2. The molecule has 6 nitrogen and oxygen atoms in total. The minimum atomic E-state index is -0.365. The molecular formula is C22H21BrN2O4. The van der Waals surface area contributed by atoms with E-state index in [2.05, 4.69) is 26.6 Å². The molecule has 2 N–H and O–H groups in total. The van der Waals surface area contributed by atoms with Crippen molar-refractivity contribution >= 4 is 27.7 Å². The van der Waals surface area contributed by atoms with Crippen molar-refractivity contribution in [2.75, 3.05) is 6.54 Å². The number of furan rings is 1. The van der Waals surface area contributed by atoms with E-state index in [4.69, 9.17) is 9.15 Å². The fourth-order valence-electron chi connectivity index (χ4n) is 2.52. The highest BCUT2D eigenvalue weighted by Crippen LogP contribution is 2.18. The Morgan fingerprint density at radius 3 is 2.45 bits per heavy atom. The lowest BCUT2D eigenvalue weighted by atomic mass is 10.2. The Labute approximate surface area is 177 Å². The predicted octanol–water partition coefficient (Wildman–Crippen LogP) is 4.06. The summed E-state index contributed by atoms with van der Waals surface area (Å²) in [6.07, 6.45) is 0.193. The molecule has 0 saturated carbocycles. The number of carbonyl (C=O) groups is 2. The molecule has 1 heterocycles. The van der Waals surface area contributed by atoms with E-state index < -0.39 is 0 Å². The van der Waals surface area contributed by atoms with Gasteiger partial charge in [0.05, 0.1) is 0 Å². The first kappa shape index (κ1) is 20.7. The second kappa shape index (κ2) is 10.5. The second-order valence-corrected chi connectivity index (χ2v) is 7.19. The summed E-state index contributed by atoms with van der Waals surface area (Å²) in [4.78, 5) is 24.0. The molecule has 2 aromatic carbocycles. The molecule has 0 spiro atoms. The van der Waals surface area contributed by atoms with E-state index in [9.17, 15) is 9.59 Å². The second-order valence-electron chi connectivity index (χ2n) is 6.28. The lowest BCUT2D eigenvalue weighted by Crippen LogP contribution is -2.30. The number of benzene rings is 2. The van der Waals surface area contributed by atoms with Crippen molar-refractivity contribution in [3.63, 3.8) is 0 Å². The maximum absolute atomic E-state index is 12.1. The van der Waals surface area contributed by atoms with Gasteiger partial charge in [0.2, 0.25) is 5.91 Å². The van der Waals surface area contributed by atoms with Gasteiger partial charge in [-0.25, -0.2) is 0 Å². The molecule has 0 aliphatic rings. The number of amides is 2. The summed E-state index contributed by atoms with van der Waals surface area (Å²) in [5, 5.41) is 5.50. The molecule has 0 atom stereocenters. The number of hydrogen-bond acceptors (Lipinski definition) is 4. The summed E-state index contributed by atoms with van der Waals surface area (Å²) >= 11 is 3.37. The van der Waals surface area contributed by atoms with Gasteiger partial charge >= 0.3 is 0 Å². The zero-order valence-electron chi connectivity index (χ0n) is 15.7. The van der Waals surface area contributed by atoms with Gasteiger partial charge in [0.1, 0.15) is 18.1 Å².